The Labute approximate surface area is 120 Å². The normalized spacial score (nSPS) is 11.9. The first kappa shape index (κ1) is 14.3. The van der Waals surface area contributed by atoms with Gasteiger partial charge in [-0.3, -0.25) is 4.98 Å². The minimum absolute atomic E-state index is 0.161. The number of pyridine rings is 1. The molecule has 0 aliphatic carbocycles. The van der Waals surface area contributed by atoms with Crippen molar-refractivity contribution in [1.82, 2.24) is 4.98 Å². The zero-order chi connectivity index (χ0) is 14.4. The summed E-state index contributed by atoms with van der Waals surface area (Å²) in [4.78, 5) is 6.16. The highest BCUT2D eigenvalue weighted by molar-refractivity contribution is 5.55. The molecule has 0 aliphatic heterocycles. The maximum absolute atomic E-state index is 8.94. The summed E-state index contributed by atoms with van der Waals surface area (Å²) in [7, 11) is 1.97. The molecule has 0 spiro atoms. The van der Waals surface area contributed by atoms with Crippen LogP contribution >= 0.6 is 0 Å². The molecule has 0 radical (unpaired) electrons. The topological polar surface area (TPSA) is 48.4 Å². The Kier molecular flexibility index (Phi) is 4.96. The Morgan fingerprint density at radius 3 is 2.60 bits per heavy atom. The summed E-state index contributed by atoms with van der Waals surface area (Å²) < 4.78 is 0. The number of hydrogen-bond acceptors (Lipinski definition) is 4. The smallest absolute Gasteiger partial charge is 0.0606 e. The molecule has 20 heavy (non-hydrogen) atoms. The van der Waals surface area contributed by atoms with E-state index in [4.69, 9.17) is 5.11 Å². The number of nitrogens with one attached hydrogen (secondary N) is 1. The summed E-state index contributed by atoms with van der Waals surface area (Å²) in [6.07, 6.45) is 3.66. The molecule has 2 aromatic rings. The van der Waals surface area contributed by atoms with E-state index < -0.39 is 0 Å². The molecule has 1 heterocycles. The van der Waals surface area contributed by atoms with E-state index in [2.05, 4.69) is 35.4 Å². The highest BCUT2D eigenvalue weighted by Crippen LogP contribution is 2.21. The summed E-state index contributed by atoms with van der Waals surface area (Å²) in [5, 5.41) is 12.4. The number of anilines is 2. The van der Waals surface area contributed by atoms with Crippen molar-refractivity contribution >= 4 is 11.4 Å². The van der Waals surface area contributed by atoms with Crippen LogP contribution in [0.15, 0.2) is 48.8 Å². The summed E-state index contributed by atoms with van der Waals surface area (Å²) in [6.45, 7) is 2.91. The molecule has 1 atom stereocenters. The van der Waals surface area contributed by atoms with E-state index in [0.29, 0.717) is 6.54 Å². The second-order valence-corrected chi connectivity index (χ2v) is 4.84. The van der Waals surface area contributed by atoms with Crippen LogP contribution in [-0.2, 0) is 0 Å². The Hall–Kier alpha value is -2.07. The number of aliphatic hydroxyl groups is 1. The lowest BCUT2D eigenvalue weighted by atomic mass is 10.1. The summed E-state index contributed by atoms with van der Waals surface area (Å²) in [5.41, 5.74) is 3.33. The third kappa shape index (κ3) is 3.71. The fourth-order valence-electron chi connectivity index (χ4n) is 2.06. The van der Waals surface area contributed by atoms with Gasteiger partial charge in [0.05, 0.1) is 12.6 Å². The fourth-order valence-corrected chi connectivity index (χ4v) is 2.06. The van der Waals surface area contributed by atoms with Gasteiger partial charge in [0.2, 0.25) is 0 Å². The maximum Gasteiger partial charge on any atom is 0.0606 e. The molecular formula is C16H21N3O. The van der Waals surface area contributed by atoms with E-state index in [0.717, 1.165) is 16.9 Å². The van der Waals surface area contributed by atoms with Crippen molar-refractivity contribution in [1.29, 1.82) is 0 Å². The molecule has 0 saturated heterocycles. The Bertz CT molecular complexity index is 513. The highest BCUT2D eigenvalue weighted by Gasteiger charge is 2.05. The van der Waals surface area contributed by atoms with Gasteiger partial charge in [-0.1, -0.05) is 6.07 Å². The first-order chi connectivity index (χ1) is 9.70. The van der Waals surface area contributed by atoms with Crippen LogP contribution in [-0.4, -0.2) is 30.3 Å². The molecule has 0 aliphatic rings. The van der Waals surface area contributed by atoms with Gasteiger partial charge in [0.25, 0.3) is 0 Å². The second-order valence-electron chi connectivity index (χ2n) is 4.84. The Balaban J connectivity index is 2.00. The van der Waals surface area contributed by atoms with Gasteiger partial charge in [0.1, 0.15) is 0 Å². The van der Waals surface area contributed by atoms with E-state index in [-0.39, 0.29) is 12.6 Å². The van der Waals surface area contributed by atoms with Gasteiger partial charge < -0.3 is 15.3 Å². The van der Waals surface area contributed by atoms with Crippen molar-refractivity contribution in [3.63, 3.8) is 0 Å². The number of rotatable bonds is 6. The van der Waals surface area contributed by atoms with Gasteiger partial charge in [0, 0.05) is 37.4 Å². The maximum atomic E-state index is 8.94. The van der Waals surface area contributed by atoms with Crippen molar-refractivity contribution < 1.29 is 5.11 Å². The van der Waals surface area contributed by atoms with Crippen molar-refractivity contribution in [2.24, 2.45) is 0 Å². The molecule has 4 heteroatoms. The van der Waals surface area contributed by atoms with E-state index in [1.165, 1.54) is 0 Å². The average Bonchev–Trinajstić information content (AvgIpc) is 2.49. The van der Waals surface area contributed by atoms with E-state index >= 15 is 0 Å². The molecule has 2 N–H and O–H groups in total. The van der Waals surface area contributed by atoms with Gasteiger partial charge in [-0.25, -0.2) is 0 Å². The van der Waals surface area contributed by atoms with Gasteiger partial charge in [0.15, 0.2) is 0 Å². The molecule has 1 aromatic heterocycles. The minimum atomic E-state index is 0.161. The lowest BCUT2D eigenvalue weighted by molar-refractivity contribution is 0.304. The van der Waals surface area contributed by atoms with Gasteiger partial charge in [-0.05, 0) is 42.8 Å². The van der Waals surface area contributed by atoms with E-state index in [9.17, 15) is 0 Å². The van der Waals surface area contributed by atoms with Crippen LogP contribution in [0.25, 0.3) is 0 Å². The minimum Gasteiger partial charge on any atom is -0.395 e. The van der Waals surface area contributed by atoms with Crippen LogP contribution in [0.5, 0.6) is 0 Å². The number of aliphatic hydroxyl groups excluding tert-OH is 1. The standard InChI is InChI=1S/C16H21N3O/c1-13(14-4-3-9-17-12-14)18-15-5-7-16(8-6-15)19(2)10-11-20/h3-9,12-13,18,20H,10-11H2,1-2H3. The molecular weight excluding hydrogens is 250 g/mol. The molecule has 106 valence electrons. The fraction of sp³-hybridized carbons (Fsp3) is 0.312. The predicted octanol–water partition coefficient (Wildman–Crippen LogP) is 2.68. The van der Waals surface area contributed by atoms with Gasteiger partial charge in [-0.15, -0.1) is 0 Å². The Morgan fingerprint density at radius 1 is 1.25 bits per heavy atom. The summed E-state index contributed by atoms with van der Waals surface area (Å²) in [6, 6.07) is 12.4. The molecule has 1 unspecified atom stereocenters. The van der Waals surface area contributed by atoms with Crippen molar-refractivity contribution in [2.75, 3.05) is 30.4 Å². The lowest BCUT2D eigenvalue weighted by Gasteiger charge is -2.19. The molecule has 0 bridgehead atoms. The summed E-state index contributed by atoms with van der Waals surface area (Å²) >= 11 is 0. The number of aromatic nitrogens is 1. The molecule has 0 amide bonds. The number of benzene rings is 1. The largest absolute Gasteiger partial charge is 0.395 e. The molecule has 1 aromatic carbocycles. The summed E-state index contributed by atoms with van der Waals surface area (Å²) in [5.74, 6) is 0. The van der Waals surface area contributed by atoms with Crippen LogP contribution in [0.3, 0.4) is 0 Å². The van der Waals surface area contributed by atoms with Crippen molar-refractivity contribution in [2.45, 2.75) is 13.0 Å². The third-order valence-corrected chi connectivity index (χ3v) is 3.31. The van der Waals surface area contributed by atoms with Crippen molar-refractivity contribution in [3.8, 4) is 0 Å². The second kappa shape index (κ2) is 6.91. The predicted molar refractivity (Wildman–Crippen MR) is 83.1 cm³/mol. The quantitative estimate of drug-likeness (QED) is 0.848. The first-order valence-corrected chi connectivity index (χ1v) is 6.79. The van der Waals surface area contributed by atoms with Crippen LogP contribution in [0.1, 0.15) is 18.5 Å². The number of nitrogens with zero attached hydrogens (tertiary/aromatic N) is 2. The molecule has 2 rings (SSSR count). The zero-order valence-electron chi connectivity index (χ0n) is 12.0. The van der Waals surface area contributed by atoms with Crippen LogP contribution in [0.4, 0.5) is 11.4 Å². The van der Waals surface area contributed by atoms with Crippen molar-refractivity contribution in [3.05, 3.63) is 54.4 Å². The van der Waals surface area contributed by atoms with Crippen LogP contribution in [0, 0.1) is 0 Å². The number of likely N-dealkylation sites (N-methyl/N-ethyl adjacent to an activating group) is 1. The Morgan fingerprint density at radius 2 is 2.00 bits per heavy atom. The molecule has 0 saturated carbocycles. The third-order valence-electron chi connectivity index (χ3n) is 3.31. The SMILES string of the molecule is CC(Nc1ccc(N(C)CCO)cc1)c1cccnc1. The van der Waals surface area contributed by atoms with Crippen LogP contribution in [0.2, 0.25) is 0 Å². The lowest BCUT2D eigenvalue weighted by Crippen LogP contribution is -2.20. The number of hydrogen-bond donors (Lipinski definition) is 2. The zero-order valence-corrected chi connectivity index (χ0v) is 12.0. The highest BCUT2D eigenvalue weighted by atomic mass is 16.3. The van der Waals surface area contributed by atoms with E-state index in [1.54, 1.807) is 6.20 Å². The van der Waals surface area contributed by atoms with Gasteiger partial charge >= 0.3 is 0 Å². The monoisotopic (exact) mass is 271 g/mol. The van der Waals surface area contributed by atoms with Crippen LogP contribution < -0.4 is 10.2 Å². The molecule has 0 fully saturated rings. The average molecular weight is 271 g/mol. The van der Waals surface area contributed by atoms with E-state index in [1.807, 2.05) is 36.3 Å². The first-order valence-electron chi connectivity index (χ1n) is 6.79. The molecule has 4 nitrogen and oxygen atoms in total. The van der Waals surface area contributed by atoms with Gasteiger partial charge in [-0.2, -0.15) is 0 Å².